The van der Waals surface area contributed by atoms with Crippen molar-refractivity contribution >= 4 is 17.3 Å². The third-order valence-electron chi connectivity index (χ3n) is 4.99. The highest BCUT2D eigenvalue weighted by Gasteiger charge is 2.20. The Balaban J connectivity index is 1.45. The molecule has 0 aliphatic carbocycles. The molecule has 1 aliphatic heterocycles. The van der Waals surface area contributed by atoms with Crippen LogP contribution in [-0.2, 0) is 4.79 Å². The van der Waals surface area contributed by atoms with Crippen LogP contribution in [0.25, 0.3) is 0 Å². The average molecular weight is 351 g/mol. The third-order valence-corrected chi connectivity index (χ3v) is 4.99. The van der Waals surface area contributed by atoms with E-state index in [0.29, 0.717) is 18.9 Å². The normalized spacial score (nSPS) is 14.6. The van der Waals surface area contributed by atoms with Crippen molar-refractivity contribution in [2.45, 2.75) is 26.2 Å². The standard InChI is InChI=1S/C22H29N3O/c1-18(2)20-10-6-7-11-21(20)23-13-12-22(26)25-16-14-24(15-17-25)19-8-4-3-5-9-19/h3-11,18,23H,12-17H2,1-2H3. The molecule has 1 saturated heterocycles. The molecule has 1 heterocycles. The Kier molecular flexibility index (Phi) is 6.16. The lowest BCUT2D eigenvalue weighted by Crippen LogP contribution is -2.49. The monoisotopic (exact) mass is 351 g/mol. The van der Waals surface area contributed by atoms with E-state index >= 15 is 0 Å². The average Bonchev–Trinajstić information content (AvgIpc) is 2.69. The molecule has 0 radical (unpaired) electrons. The van der Waals surface area contributed by atoms with Gasteiger partial charge >= 0.3 is 0 Å². The molecule has 0 bridgehead atoms. The van der Waals surface area contributed by atoms with Crippen molar-refractivity contribution in [3.05, 3.63) is 60.2 Å². The number of carbonyl (C=O) groups excluding carboxylic acids is 1. The predicted octanol–water partition coefficient (Wildman–Crippen LogP) is 3.96. The topological polar surface area (TPSA) is 35.6 Å². The molecular weight excluding hydrogens is 322 g/mol. The summed E-state index contributed by atoms with van der Waals surface area (Å²) in [5, 5.41) is 3.44. The predicted molar refractivity (Wildman–Crippen MR) is 109 cm³/mol. The summed E-state index contributed by atoms with van der Waals surface area (Å²) >= 11 is 0. The molecule has 3 rings (SSSR count). The van der Waals surface area contributed by atoms with Crippen molar-refractivity contribution in [1.82, 2.24) is 4.90 Å². The van der Waals surface area contributed by atoms with Gasteiger partial charge in [0.2, 0.25) is 5.91 Å². The van der Waals surface area contributed by atoms with E-state index in [4.69, 9.17) is 0 Å². The fourth-order valence-corrected chi connectivity index (χ4v) is 3.48. The maximum atomic E-state index is 12.5. The van der Waals surface area contributed by atoms with Crippen molar-refractivity contribution in [2.24, 2.45) is 0 Å². The van der Waals surface area contributed by atoms with Gasteiger partial charge in [0.25, 0.3) is 0 Å². The molecule has 0 saturated carbocycles. The van der Waals surface area contributed by atoms with Gasteiger partial charge < -0.3 is 15.1 Å². The van der Waals surface area contributed by atoms with E-state index in [0.717, 1.165) is 31.9 Å². The molecule has 2 aromatic carbocycles. The molecule has 2 aromatic rings. The molecule has 0 spiro atoms. The van der Waals surface area contributed by atoms with Crippen LogP contribution < -0.4 is 10.2 Å². The van der Waals surface area contributed by atoms with E-state index in [1.807, 2.05) is 17.0 Å². The van der Waals surface area contributed by atoms with Crippen molar-refractivity contribution < 1.29 is 4.79 Å². The molecule has 138 valence electrons. The van der Waals surface area contributed by atoms with Gasteiger partial charge in [0.15, 0.2) is 0 Å². The number of benzene rings is 2. The van der Waals surface area contributed by atoms with Gasteiger partial charge in [0.1, 0.15) is 0 Å². The van der Waals surface area contributed by atoms with Gasteiger partial charge in [0.05, 0.1) is 0 Å². The molecule has 26 heavy (non-hydrogen) atoms. The first-order chi connectivity index (χ1) is 12.6. The first kappa shape index (κ1) is 18.3. The van der Waals surface area contributed by atoms with Gasteiger partial charge in [-0.25, -0.2) is 0 Å². The largest absolute Gasteiger partial charge is 0.384 e. The third kappa shape index (κ3) is 4.57. The summed E-state index contributed by atoms with van der Waals surface area (Å²) < 4.78 is 0. The van der Waals surface area contributed by atoms with Crippen LogP contribution in [0.2, 0.25) is 0 Å². The van der Waals surface area contributed by atoms with Gasteiger partial charge in [0, 0.05) is 50.5 Å². The molecule has 0 unspecified atom stereocenters. The maximum Gasteiger partial charge on any atom is 0.224 e. The summed E-state index contributed by atoms with van der Waals surface area (Å²) in [7, 11) is 0. The lowest BCUT2D eigenvalue weighted by Gasteiger charge is -2.36. The number of para-hydroxylation sites is 2. The zero-order chi connectivity index (χ0) is 18.4. The fourth-order valence-electron chi connectivity index (χ4n) is 3.48. The van der Waals surface area contributed by atoms with Gasteiger partial charge in [-0.2, -0.15) is 0 Å². The van der Waals surface area contributed by atoms with Crippen LogP contribution >= 0.6 is 0 Å². The zero-order valence-corrected chi connectivity index (χ0v) is 15.8. The van der Waals surface area contributed by atoms with Crippen molar-refractivity contribution in [2.75, 3.05) is 42.9 Å². The number of amides is 1. The molecule has 1 N–H and O–H groups in total. The van der Waals surface area contributed by atoms with Crippen LogP contribution in [0.5, 0.6) is 0 Å². The van der Waals surface area contributed by atoms with Crippen molar-refractivity contribution in [1.29, 1.82) is 0 Å². The number of piperazine rings is 1. The summed E-state index contributed by atoms with van der Waals surface area (Å²) in [5.41, 5.74) is 3.69. The lowest BCUT2D eigenvalue weighted by atomic mass is 10.0. The van der Waals surface area contributed by atoms with Crippen LogP contribution in [0, 0.1) is 0 Å². The minimum absolute atomic E-state index is 0.243. The Morgan fingerprint density at radius 3 is 2.31 bits per heavy atom. The first-order valence-electron chi connectivity index (χ1n) is 9.55. The quantitative estimate of drug-likeness (QED) is 0.856. The highest BCUT2D eigenvalue weighted by atomic mass is 16.2. The highest BCUT2D eigenvalue weighted by Crippen LogP contribution is 2.23. The Labute approximate surface area is 156 Å². The Morgan fingerprint density at radius 1 is 0.962 bits per heavy atom. The second-order valence-corrected chi connectivity index (χ2v) is 7.12. The maximum absolute atomic E-state index is 12.5. The van der Waals surface area contributed by atoms with E-state index in [2.05, 4.69) is 66.5 Å². The van der Waals surface area contributed by atoms with E-state index in [1.165, 1.54) is 11.3 Å². The molecule has 4 heteroatoms. The second kappa shape index (κ2) is 8.75. The number of hydrogen-bond acceptors (Lipinski definition) is 3. The molecule has 1 aliphatic rings. The summed E-state index contributed by atoms with van der Waals surface area (Å²) in [6, 6.07) is 18.8. The SMILES string of the molecule is CC(C)c1ccccc1NCCC(=O)N1CCN(c2ccccc2)CC1. The van der Waals surface area contributed by atoms with Crippen LogP contribution in [0.1, 0.15) is 31.7 Å². The van der Waals surface area contributed by atoms with Crippen molar-refractivity contribution in [3.8, 4) is 0 Å². The number of nitrogens with one attached hydrogen (secondary N) is 1. The van der Waals surface area contributed by atoms with Gasteiger partial charge in [-0.1, -0.05) is 50.2 Å². The number of carbonyl (C=O) groups is 1. The molecule has 1 fully saturated rings. The first-order valence-corrected chi connectivity index (χ1v) is 9.55. The summed E-state index contributed by atoms with van der Waals surface area (Å²) in [4.78, 5) is 16.9. The molecular formula is C22H29N3O. The van der Waals surface area contributed by atoms with Gasteiger partial charge in [-0.3, -0.25) is 4.79 Å². The minimum atomic E-state index is 0.243. The van der Waals surface area contributed by atoms with Crippen LogP contribution in [0.15, 0.2) is 54.6 Å². The lowest BCUT2D eigenvalue weighted by molar-refractivity contribution is -0.131. The number of nitrogens with zero attached hydrogens (tertiary/aromatic N) is 2. The zero-order valence-electron chi connectivity index (χ0n) is 15.8. The van der Waals surface area contributed by atoms with Gasteiger partial charge in [-0.15, -0.1) is 0 Å². The van der Waals surface area contributed by atoms with E-state index in [9.17, 15) is 4.79 Å². The molecule has 0 atom stereocenters. The Morgan fingerprint density at radius 2 is 1.62 bits per heavy atom. The summed E-state index contributed by atoms with van der Waals surface area (Å²) in [5.74, 6) is 0.715. The highest BCUT2D eigenvalue weighted by molar-refractivity contribution is 5.77. The Bertz CT molecular complexity index is 706. The number of anilines is 2. The van der Waals surface area contributed by atoms with Crippen molar-refractivity contribution in [3.63, 3.8) is 0 Å². The number of hydrogen-bond donors (Lipinski definition) is 1. The number of rotatable bonds is 6. The Hall–Kier alpha value is -2.49. The summed E-state index contributed by atoms with van der Waals surface area (Å²) in [6.45, 7) is 8.47. The second-order valence-electron chi connectivity index (χ2n) is 7.12. The van der Waals surface area contributed by atoms with E-state index in [-0.39, 0.29) is 5.91 Å². The minimum Gasteiger partial charge on any atom is -0.384 e. The fraction of sp³-hybridized carbons (Fsp3) is 0.409. The van der Waals surface area contributed by atoms with Gasteiger partial charge in [-0.05, 0) is 29.7 Å². The molecule has 1 amide bonds. The van der Waals surface area contributed by atoms with E-state index in [1.54, 1.807) is 0 Å². The van der Waals surface area contributed by atoms with Crippen LogP contribution in [0.4, 0.5) is 11.4 Å². The van der Waals surface area contributed by atoms with E-state index < -0.39 is 0 Å². The summed E-state index contributed by atoms with van der Waals surface area (Å²) in [6.07, 6.45) is 0.539. The smallest absolute Gasteiger partial charge is 0.224 e. The molecule has 0 aromatic heterocycles. The van der Waals surface area contributed by atoms with Crippen LogP contribution in [-0.4, -0.2) is 43.5 Å². The molecule has 4 nitrogen and oxygen atoms in total. The van der Waals surface area contributed by atoms with Crippen LogP contribution in [0.3, 0.4) is 0 Å².